The van der Waals surface area contributed by atoms with Crippen molar-refractivity contribution in [3.63, 3.8) is 0 Å². The highest BCUT2D eigenvalue weighted by Gasteiger charge is 2.09. The first-order valence-electron chi connectivity index (χ1n) is 4.05. The molecule has 0 aromatic carbocycles. The molecule has 1 atom stereocenters. The minimum Gasteiger partial charge on any atom is -0.465 e. The van der Waals surface area contributed by atoms with Crippen molar-refractivity contribution in [2.24, 2.45) is 5.92 Å². The summed E-state index contributed by atoms with van der Waals surface area (Å²) in [6.07, 6.45) is 0.866. The van der Waals surface area contributed by atoms with E-state index in [1.807, 2.05) is 6.92 Å². The van der Waals surface area contributed by atoms with Crippen molar-refractivity contribution in [3.8, 4) is 0 Å². The van der Waals surface area contributed by atoms with Crippen LogP contribution < -0.4 is 5.32 Å². The zero-order valence-electron chi connectivity index (χ0n) is 7.42. The summed E-state index contributed by atoms with van der Waals surface area (Å²) in [4.78, 5) is 10.2. The van der Waals surface area contributed by atoms with E-state index in [9.17, 15) is 4.79 Å². The molecule has 1 unspecified atom stereocenters. The lowest BCUT2D eigenvalue weighted by atomic mass is 10.0. The maximum Gasteiger partial charge on any atom is 0.404 e. The lowest BCUT2D eigenvalue weighted by molar-refractivity contribution is 0.187. The van der Waals surface area contributed by atoms with Gasteiger partial charge in [0.15, 0.2) is 0 Å². The third-order valence-electron chi connectivity index (χ3n) is 1.58. The van der Waals surface area contributed by atoms with Crippen LogP contribution in [0.1, 0.15) is 33.6 Å². The van der Waals surface area contributed by atoms with Gasteiger partial charge in [-0.2, -0.15) is 0 Å². The Balaban J connectivity index is 3.66. The third-order valence-corrected chi connectivity index (χ3v) is 1.58. The van der Waals surface area contributed by atoms with Gasteiger partial charge in [-0.25, -0.2) is 4.79 Å². The van der Waals surface area contributed by atoms with Crippen LogP contribution in [0, 0.1) is 5.92 Å². The monoisotopic (exact) mass is 159 g/mol. The number of hydrogen-bond acceptors (Lipinski definition) is 1. The molecule has 0 saturated heterocycles. The summed E-state index contributed by atoms with van der Waals surface area (Å²) in [7, 11) is 0. The average Bonchev–Trinajstić information content (AvgIpc) is 1.84. The molecule has 3 heteroatoms. The van der Waals surface area contributed by atoms with Gasteiger partial charge in [0.2, 0.25) is 0 Å². The molecule has 0 aromatic heterocycles. The second-order valence-electron chi connectivity index (χ2n) is 3.18. The van der Waals surface area contributed by atoms with Crippen LogP contribution in [0.4, 0.5) is 4.79 Å². The Kier molecular flexibility index (Phi) is 4.66. The maximum absolute atomic E-state index is 10.2. The second-order valence-corrected chi connectivity index (χ2v) is 3.18. The number of carbonyl (C=O) groups is 1. The van der Waals surface area contributed by atoms with Crippen LogP contribution in [0.3, 0.4) is 0 Å². The van der Waals surface area contributed by atoms with Crippen molar-refractivity contribution < 1.29 is 9.90 Å². The molecule has 0 aliphatic carbocycles. The topological polar surface area (TPSA) is 49.3 Å². The molecular formula is C8H17NO2. The van der Waals surface area contributed by atoms with E-state index in [4.69, 9.17) is 5.11 Å². The van der Waals surface area contributed by atoms with Crippen LogP contribution in [0.15, 0.2) is 0 Å². The first-order valence-corrected chi connectivity index (χ1v) is 4.05. The maximum atomic E-state index is 10.2. The van der Waals surface area contributed by atoms with E-state index in [2.05, 4.69) is 19.2 Å². The molecule has 3 nitrogen and oxygen atoms in total. The van der Waals surface area contributed by atoms with E-state index in [0.717, 1.165) is 12.8 Å². The predicted octanol–water partition coefficient (Wildman–Crippen LogP) is 2.08. The number of nitrogens with one attached hydrogen (secondary N) is 1. The van der Waals surface area contributed by atoms with Crippen molar-refractivity contribution in [1.82, 2.24) is 5.32 Å². The average molecular weight is 159 g/mol. The fraction of sp³-hybridized carbons (Fsp3) is 0.875. The quantitative estimate of drug-likeness (QED) is 0.659. The van der Waals surface area contributed by atoms with E-state index in [1.54, 1.807) is 0 Å². The van der Waals surface area contributed by atoms with Gasteiger partial charge in [-0.05, 0) is 18.8 Å². The zero-order valence-corrected chi connectivity index (χ0v) is 7.42. The Bertz CT molecular complexity index is 123. The lowest BCUT2D eigenvalue weighted by Gasteiger charge is -2.16. The van der Waals surface area contributed by atoms with Crippen molar-refractivity contribution >= 4 is 6.09 Å². The molecule has 66 valence electrons. The van der Waals surface area contributed by atoms with E-state index in [-0.39, 0.29) is 6.04 Å². The van der Waals surface area contributed by atoms with Crippen LogP contribution in [-0.4, -0.2) is 17.2 Å². The minimum atomic E-state index is -0.919. The Morgan fingerprint density at radius 3 is 2.36 bits per heavy atom. The zero-order chi connectivity index (χ0) is 8.85. The number of carboxylic acid groups (broad SMARTS) is 1. The van der Waals surface area contributed by atoms with E-state index in [0.29, 0.717) is 5.92 Å². The highest BCUT2D eigenvalue weighted by molar-refractivity contribution is 5.64. The van der Waals surface area contributed by atoms with Gasteiger partial charge in [-0.3, -0.25) is 0 Å². The molecule has 0 fully saturated rings. The first-order chi connectivity index (χ1) is 5.06. The van der Waals surface area contributed by atoms with Crippen LogP contribution in [0.2, 0.25) is 0 Å². The molecular weight excluding hydrogens is 142 g/mol. The highest BCUT2D eigenvalue weighted by Crippen LogP contribution is 2.06. The van der Waals surface area contributed by atoms with Gasteiger partial charge in [0.1, 0.15) is 0 Å². The summed E-state index contributed by atoms with van der Waals surface area (Å²) in [5.74, 6) is 0.548. The van der Waals surface area contributed by atoms with Gasteiger partial charge >= 0.3 is 6.09 Å². The first kappa shape index (κ1) is 10.3. The van der Waals surface area contributed by atoms with Crippen LogP contribution >= 0.6 is 0 Å². The van der Waals surface area contributed by atoms with Gasteiger partial charge in [0.25, 0.3) is 0 Å². The van der Waals surface area contributed by atoms with Crippen LogP contribution in [0.5, 0.6) is 0 Å². The lowest BCUT2D eigenvalue weighted by Crippen LogP contribution is -2.33. The third kappa shape index (κ3) is 5.70. The van der Waals surface area contributed by atoms with E-state index < -0.39 is 6.09 Å². The molecule has 0 aliphatic heterocycles. The number of amides is 1. The minimum absolute atomic E-state index is 0.118. The summed E-state index contributed by atoms with van der Waals surface area (Å²) >= 11 is 0. The second kappa shape index (κ2) is 4.99. The van der Waals surface area contributed by atoms with Crippen molar-refractivity contribution in [2.45, 2.75) is 39.7 Å². The molecule has 0 saturated carbocycles. The predicted molar refractivity (Wildman–Crippen MR) is 44.7 cm³/mol. The molecule has 11 heavy (non-hydrogen) atoms. The fourth-order valence-corrected chi connectivity index (χ4v) is 1.07. The highest BCUT2D eigenvalue weighted by atomic mass is 16.4. The standard InChI is InChI=1S/C8H17NO2/c1-4-7(5-6(2)3)9-8(10)11/h6-7,9H,4-5H2,1-3H3,(H,10,11). The molecule has 0 heterocycles. The molecule has 2 N–H and O–H groups in total. The smallest absolute Gasteiger partial charge is 0.404 e. The Labute approximate surface area is 67.8 Å². The van der Waals surface area contributed by atoms with Gasteiger partial charge < -0.3 is 10.4 Å². The summed E-state index contributed by atoms with van der Waals surface area (Å²) in [6, 6.07) is 0.118. The summed E-state index contributed by atoms with van der Waals surface area (Å²) in [5.41, 5.74) is 0. The molecule has 0 aliphatic rings. The largest absolute Gasteiger partial charge is 0.465 e. The normalized spacial score (nSPS) is 13.1. The van der Waals surface area contributed by atoms with Crippen molar-refractivity contribution in [2.75, 3.05) is 0 Å². The number of hydrogen-bond donors (Lipinski definition) is 2. The fourth-order valence-electron chi connectivity index (χ4n) is 1.07. The van der Waals surface area contributed by atoms with Gasteiger partial charge in [0.05, 0.1) is 0 Å². The molecule has 0 bridgehead atoms. The van der Waals surface area contributed by atoms with E-state index >= 15 is 0 Å². The van der Waals surface area contributed by atoms with Crippen LogP contribution in [-0.2, 0) is 0 Å². The summed E-state index contributed by atoms with van der Waals surface area (Å²) < 4.78 is 0. The molecule has 0 radical (unpaired) electrons. The Morgan fingerprint density at radius 1 is 1.55 bits per heavy atom. The number of rotatable bonds is 4. The van der Waals surface area contributed by atoms with Gasteiger partial charge in [-0.15, -0.1) is 0 Å². The van der Waals surface area contributed by atoms with Gasteiger partial charge in [-0.1, -0.05) is 20.8 Å². The molecule has 0 rings (SSSR count). The van der Waals surface area contributed by atoms with Gasteiger partial charge in [0, 0.05) is 6.04 Å². The Morgan fingerprint density at radius 2 is 2.09 bits per heavy atom. The van der Waals surface area contributed by atoms with Crippen LogP contribution in [0.25, 0.3) is 0 Å². The molecule has 0 spiro atoms. The Hall–Kier alpha value is -0.730. The van der Waals surface area contributed by atoms with E-state index in [1.165, 1.54) is 0 Å². The van der Waals surface area contributed by atoms with Crippen molar-refractivity contribution in [1.29, 1.82) is 0 Å². The summed E-state index contributed by atoms with van der Waals surface area (Å²) in [6.45, 7) is 6.17. The van der Waals surface area contributed by atoms with Crippen molar-refractivity contribution in [3.05, 3.63) is 0 Å². The SMILES string of the molecule is CCC(CC(C)C)NC(=O)O. The molecule has 1 amide bonds. The summed E-state index contributed by atoms with van der Waals surface area (Å²) in [5, 5.41) is 10.9. The molecule has 0 aromatic rings.